The van der Waals surface area contributed by atoms with Crippen LogP contribution in [0.2, 0.25) is 0 Å². The minimum Gasteiger partial charge on any atom is -0.497 e. The molecule has 3 unspecified atom stereocenters. The molecule has 2 aliphatic rings. The third kappa shape index (κ3) is 2.99. The molecule has 3 heteroatoms. The summed E-state index contributed by atoms with van der Waals surface area (Å²) in [7, 11) is 1.74. The van der Waals surface area contributed by atoms with Gasteiger partial charge in [-0.05, 0) is 61.8 Å². The smallest absolute Gasteiger partial charge is 0.119 e. The molecule has 3 nitrogen and oxygen atoms in total. The number of benzene rings is 1. The number of ether oxygens (including phenoxy) is 2. The molecule has 3 atom stereocenters. The molecule has 1 fully saturated rings. The minimum atomic E-state index is 0.415. The summed E-state index contributed by atoms with van der Waals surface area (Å²) < 4.78 is 11.0. The van der Waals surface area contributed by atoms with Gasteiger partial charge in [0.25, 0.3) is 0 Å². The molecule has 1 aliphatic carbocycles. The standard InChI is InChI=1S/C17H25NO2/c1-12-14(7-8-20-12)11-18-16-5-3-13-4-6-17(19-2)10-15(13)9-16/h4,6,10,12,14,16,18H,3,5,7-9,11H2,1-2H3. The fraction of sp³-hybridized carbons (Fsp3) is 0.647. The summed E-state index contributed by atoms with van der Waals surface area (Å²) in [5, 5.41) is 3.75. The van der Waals surface area contributed by atoms with Crippen molar-refractivity contribution >= 4 is 0 Å². The highest BCUT2D eigenvalue weighted by Gasteiger charge is 2.26. The fourth-order valence-electron chi connectivity index (χ4n) is 3.40. The number of fused-ring (bicyclic) bond motifs is 1. The Labute approximate surface area is 121 Å². The maximum atomic E-state index is 5.64. The predicted octanol–water partition coefficient (Wildman–Crippen LogP) is 2.57. The first-order valence-corrected chi connectivity index (χ1v) is 7.77. The van der Waals surface area contributed by atoms with Gasteiger partial charge >= 0.3 is 0 Å². The second-order valence-electron chi connectivity index (χ2n) is 6.11. The molecule has 1 aromatic carbocycles. The molecule has 0 spiro atoms. The highest BCUT2D eigenvalue weighted by molar-refractivity contribution is 5.37. The van der Waals surface area contributed by atoms with Crippen molar-refractivity contribution in [1.82, 2.24) is 5.32 Å². The lowest BCUT2D eigenvalue weighted by atomic mass is 9.87. The van der Waals surface area contributed by atoms with Gasteiger partial charge in [-0.1, -0.05) is 6.07 Å². The highest BCUT2D eigenvalue weighted by atomic mass is 16.5. The van der Waals surface area contributed by atoms with E-state index in [9.17, 15) is 0 Å². The second-order valence-corrected chi connectivity index (χ2v) is 6.11. The Morgan fingerprint density at radius 3 is 2.95 bits per heavy atom. The molecule has 1 saturated heterocycles. The Kier molecular flexibility index (Phi) is 4.27. The van der Waals surface area contributed by atoms with Gasteiger partial charge in [-0.3, -0.25) is 0 Å². The number of aryl methyl sites for hydroxylation is 1. The van der Waals surface area contributed by atoms with Crippen molar-refractivity contribution in [3.05, 3.63) is 29.3 Å². The molecule has 0 aromatic heterocycles. The minimum absolute atomic E-state index is 0.415. The van der Waals surface area contributed by atoms with E-state index in [2.05, 4.69) is 30.4 Å². The van der Waals surface area contributed by atoms with Crippen LogP contribution in [0.3, 0.4) is 0 Å². The van der Waals surface area contributed by atoms with E-state index in [1.807, 2.05) is 0 Å². The zero-order chi connectivity index (χ0) is 13.9. The summed E-state index contributed by atoms with van der Waals surface area (Å²) in [6.07, 6.45) is 5.15. The molecular formula is C17H25NO2. The Hall–Kier alpha value is -1.06. The van der Waals surface area contributed by atoms with Crippen LogP contribution in [0, 0.1) is 5.92 Å². The van der Waals surface area contributed by atoms with E-state index >= 15 is 0 Å². The lowest BCUT2D eigenvalue weighted by molar-refractivity contribution is 0.104. The van der Waals surface area contributed by atoms with E-state index in [4.69, 9.17) is 9.47 Å². The molecule has 110 valence electrons. The van der Waals surface area contributed by atoms with Gasteiger partial charge < -0.3 is 14.8 Å². The van der Waals surface area contributed by atoms with E-state index in [-0.39, 0.29) is 0 Å². The Bertz CT molecular complexity index is 460. The van der Waals surface area contributed by atoms with Crippen molar-refractivity contribution in [2.24, 2.45) is 5.92 Å². The van der Waals surface area contributed by atoms with Gasteiger partial charge in [0.2, 0.25) is 0 Å². The molecule has 0 bridgehead atoms. The maximum Gasteiger partial charge on any atom is 0.119 e. The number of rotatable bonds is 4. The van der Waals surface area contributed by atoms with Crippen molar-refractivity contribution in [3.63, 3.8) is 0 Å². The van der Waals surface area contributed by atoms with E-state index < -0.39 is 0 Å². The van der Waals surface area contributed by atoms with Gasteiger partial charge in [-0.25, -0.2) is 0 Å². The first-order chi connectivity index (χ1) is 9.76. The number of methoxy groups -OCH3 is 1. The van der Waals surface area contributed by atoms with Crippen LogP contribution in [0.4, 0.5) is 0 Å². The van der Waals surface area contributed by atoms with Crippen molar-refractivity contribution in [2.45, 2.75) is 44.8 Å². The van der Waals surface area contributed by atoms with Crippen molar-refractivity contribution in [3.8, 4) is 5.75 Å². The van der Waals surface area contributed by atoms with Crippen molar-refractivity contribution < 1.29 is 9.47 Å². The average molecular weight is 275 g/mol. The molecule has 0 amide bonds. The Balaban J connectivity index is 1.57. The molecular weight excluding hydrogens is 250 g/mol. The molecule has 3 rings (SSSR count). The summed E-state index contributed by atoms with van der Waals surface area (Å²) in [6, 6.07) is 7.09. The van der Waals surface area contributed by atoms with E-state index in [1.54, 1.807) is 7.11 Å². The molecule has 0 saturated carbocycles. The average Bonchev–Trinajstić information content (AvgIpc) is 2.89. The molecule has 1 N–H and O–H groups in total. The quantitative estimate of drug-likeness (QED) is 0.916. The van der Waals surface area contributed by atoms with Gasteiger partial charge in [0.15, 0.2) is 0 Å². The summed E-state index contributed by atoms with van der Waals surface area (Å²) in [4.78, 5) is 0. The summed E-state index contributed by atoms with van der Waals surface area (Å²) in [6.45, 7) is 4.21. The molecule has 1 heterocycles. The van der Waals surface area contributed by atoms with Crippen LogP contribution in [0.5, 0.6) is 5.75 Å². The highest BCUT2D eigenvalue weighted by Crippen LogP contribution is 2.26. The Morgan fingerprint density at radius 1 is 1.30 bits per heavy atom. The first-order valence-electron chi connectivity index (χ1n) is 7.77. The fourth-order valence-corrected chi connectivity index (χ4v) is 3.40. The van der Waals surface area contributed by atoms with Crippen molar-refractivity contribution in [1.29, 1.82) is 0 Å². The monoisotopic (exact) mass is 275 g/mol. The van der Waals surface area contributed by atoms with E-state index in [0.717, 1.165) is 25.3 Å². The molecule has 1 aliphatic heterocycles. The van der Waals surface area contributed by atoms with Gasteiger partial charge in [0.1, 0.15) is 5.75 Å². The third-order valence-corrected chi connectivity index (χ3v) is 4.84. The van der Waals surface area contributed by atoms with E-state index in [0.29, 0.717) is 18.1 Å². The SMILES string of the molecule is COc1ccc2c(c1)CC(NCC1CCOC1C)CC2. The number of nitrogens with one attached hydrogen (secondary N) is 1. The molecule has 1 aromatic rings. The zero-order valence-corrected chi connectivity index (χ0v) is 12.5. The van der Waals surface area contributed by atoms with Gasteiger partial charge in [0.05, 0.1) is 13.2 Å². The summed E-state index contributed by atoms with van der Waals surface area (Å²) in [5.41, 5.74) is 2.94. The first kappa shape index (κ1) is 13.9. The molecule has 20 heavy (non-hydrogen) atoms. The third-order valence-electron chi connectivity index (χ3n) is 4.84. The molecule has 0 radical (unpaired) electrons. The number of hydrogen-bond donors (Lipinski definition) is 1. The topological polar surface area (TPSA) is 30.5 Å². The van der Waals surface area contributed by atoms with Crippen LogP contribution in [0.25, 0.3) is 0 Å². The maximum absolute atomic E-state index is 5.64. The van der Waals surface area contributed by atoms with Crippen LogP contribution in [0.1, 0.15) is 30.9 Å². The van der Waals surface area contributed by atoms with Crippen LogP contribution in [-0.2, 0) is 17.6 Å². The van der Waals surface area contributed by atoms with Crippen LogP contribution >= 0.6 is 0 Å². The lowest BCUT2D eigenvalue weighted by Crippen LogP contribution is -2.38. The van der Waals surface area contributed by atoms with Gasteiger partial charge in [-0.15, -0.1) is 0 Å². The summed E-state index contributed by atoms with van der Waals surface area (Å²) >= 11 is 0. The van der Waals surface area contributed by atoms with Crippen LogP contribution in [0.15, 0.2) is 18.2 Å². The Morgan fingerprint density at radius 2 is 2.20 bits per heavy atom. The van der Waals surface area contributed by atoms with Gasteiger partial charge in [0, 0.05) is 19.2 Å². The predicted molar refractivity (Wildman–Crippen MR) is 80.3 cm³/mol. The normalized spacial score (nSPS) is 29.2. The van der Waals surface area contributed by atoms with Crippen molar-refractivity contribution in [2.75, 3.05) is 20.3 Å². The van der Waals surface area contributed by atoms with E-state index in [1.165, 1.54) is 30.4 Å². The van der Waals surface area contributed by atoms with Crippen LogP contribution in [-0.4, -0.2) is 32.4 Å². The number of hydrogen-bond acceptors (Lipinski definition) is 3. The largest absolute Gasteiger partial charge is 0.497 e. The lowest BCUT2D eigenvalue weighted by Gasteiger charge is -2.27. The zero-order valence-electron chi connectivity index (χ0n) is 12.5. The van der Waals surface area contributed by atoms with Gasteiger partial charge in [-0.2, -0.15) is 0 Å². The van der Waals surface area contributed by atoms with Crippen LogP contribution < -0.4 is 10.1 Å². The second kappa shape index (κ2) is 6.15. The summed E-state index contributed by atoms with van der Waals surface area (Å²) in [5.74, 6) is 1.66.